The van der Waals surface area contributed by atoms with Gasteiger partial charge in [0.1, 0.15) is 5.75 Å². The smallest absolute Gasteiger partial charge is 0.234 e. The second-order valence-corrected chi connectivity index (χ2v) is 5.08. The van der Waals surface area contributed by atoms with E-state index in [-0.39, 0.29) is 18.0 Å². The highest BCUT2D eigenvalue weighted by Gasteiger charge is 2.22. The van der Waals surface area contributed by atoms with Crippen LogP contribution in [0.2, 0.25) is 0 Å². The minimum Gasteiger partial charge on any atom is -0.508 e. The van der Waals surface area contributed by atoms with Crippen molar-refractivity contribution >= 4 is 5.91 Å². The molecule has 2 rings (SSSR count). The molecule has 0 spiro atoms. The minimum atomic E-state index is 0.0252. The molecule has 98 valence electrons. The molecule has 1 aromatic rings. The average molecular weight is 248 g/mol. The first-order chi connectivity index (χ1) is 8.56. The molecule has 0 radical (unpaired) electrons. The number of amides is 1. The van der Waals surface area contributed by atoms with Crippen LogP contribution in [0.1, 0.15) is 37.4 Å². The summed E-state index contributed by atoms with van der Waals surface area (Å²) in [4.78, 5) is 11.6. The van der Waals surface area contributed by atoms with Gasteiger partial charge in [-0.05, 0) is 49.9 Å². The molecular weight excluding hydrogens is 228 g/mol. The van der Waals surface area contributed by atoms with Crippen LogP contribution in [0, 0.1) is 0 Å². The maximum atomic E-state index is 11.6. The standard InChI is InChI=1S/C14H20N2O2/c1-9(2)16-14(18)8-15-13-6-3-10-7-11(17)4-5-12(10)13/h4-5,7,9,13,15,17H,3,6,8H2,1-2H3,(H,16,18). The first kappa shape index (κ1) is 12.9. The fourth-order valence-electron chi connectivity index (χ4n) is 2.40. The maximum Gasteiger partial charge on any atom is 0.234 e. The number of hydrogen-bond donors (Lipinski definition) is 3. The van der Waals surface area contributed by atoms with E-state index < -0.39 is 0 Å². The van der Waals surface area contributed by atoms with Crippen LogP contribution in [0.15, 0.2) is 18.2 Å². The van der Waals surface area contributed by atoms with Crippen molar-refractivity contribution in [2.75, 3.05) is 6.54 Å². The Morgan fingerprint density at radius 1 is 1.50 bits per heavy atom. The number of aryl methyl sites for hydroxylation is 1. The zero-order valence-electron chi connectivity index (χ0n) is 10.9. The summed E-state index contributed by atoms with van der Waals surface area (Å²) in [6.45, 7) is 4.24. The third-order valence-corrected chi connectivity index (χ3v) is 3.16. The molecule has 0 bridgehead atoms. The summed E-state index contributed by atoms with van der Waals surface area (Å²) in [5.41, 5.74) is 2.38. The van der Waals surface area contributed by atoms with Crippen LogP contribution >= 0.6 is 0 Å². The fourth-order valence-corrected chi connectivity index (χ4v) is 2.40. The summed E-state index contributed by atoms with van der Waals surface area (Å²) in [7, 11) is 0. The number of nitrogens with one attached hydrogen (secondary N) is 2. The molecule has 1 aliphatic carbocycles. The lowest BCUT2D eigenvalue weighted by atomic mass is 10.1. The van der Waals surface area contributed by atoms with Gasteiger partial charge in [0.2, 0.25) is 5.91 Å². The molecule has 1 aliphatic rings. The molecule has 1 amide bonds. The van der Waals surface area contributed by atoms with Crippen molar-refractivity contribution in [1.82, 2.24) is 10.6 Å². The number of carbonyl (C=O) groups excluding carboxylic acids is 1. The topological polar surface area (TPSA) is 61.4 Å². The monoisotopic (exact) mass is 248 g/mol. The van der Waals surface area contributed by atoms with Crippen molar-refractivity contribution in [1.29, 1.82) is 0 Å². The summed E-state index contributed by atoms with van der Waals surface area (Å²) in [5, 5.41) is 15.5. The van der Waals surface area contributed by atoms with E-state index in [2.05, 4.69) is 10.6 Å². The SMILES string of the molecule is CC(C)NC(=O)CNC1CCc2cc(O)ccc21. The second-order valence-electron chi connectivity index (χ2n) is 5.08. The molecule has 0 saturated heterocycles. The molecule has 0 fully saturated rings. The van der Waals surface area contributed by atoms with Crippen LogP contribution < -0.4 is 10.6 Å². The third kappa shape index (κ3) is 3.01. The van der Waals surface area contributed by atoms with E-state index in [0.717, 1.165) is 12.8 Å². The van der Waals surface area contributed by atoms with E-state index in [9.17, 15) is 9.90 Å². The molecule has 0 saturated carbocycles. The number of aromatic hydroxyl groups is 1. The Morgan fingerprint density at radius 3 is 3.00 bits per heavy atom. The van der Waals surface area contributed by atoms with Crippen LogP contribution in [0.5, 0.6) is 5.75 Å². The van der Waals surface area contributed by atoms with Crippen molar-refractivity contribution in [3.63, 3.8) is 0 Å². The van der Waals surface area contributed by atoms with E-state index in [1.807, 2.05) is 26.0 Å². The number of hydrogen-bond acceptors (Lipinski definition) is 3. The number of phenols is 1. The largest absolute Gasteiger partial charge is 0.508 e. The quantitative estimate of drug-likeness (QED) is 0.756. The lowest BCUT2D eigenvalue weighted by Crippen LogP contribution is -2.38. The Balaban J connectivity index is 1.92. The van der Waals surface area contributed by atoms with Crippen LogP contribution in [-0.4, -0.2) is 23.6 Å². The summed E-state index contributed by atoms with van der Waals surface area (Å²) in [5.74, 6) is 0.337. The molecule has 0 aliphatic heterocycles. The molecule has 0 heterocycles. The van der Waals surface area contributed by atoms with Gasteiger partial charge in [-0.1, -0.05) is 6.07 Å². The van der Waals surface area contributed by atoms with Gasteiger partial charge in [0.25, 0.3) is 0 Å². The average Bonchev–Trinajstić information content (AvgIpc) is 2.67. The molecular formula is C14H20N2O2. The molecule has 3 N–H and O–H groups in total. The molecule has 1 atom stereocenters. The lowest BCUT2D eigenvalue weighted by Gasteiger charge is -2.15. The van der Waals surface area contributed by atoms with E-state index in [0.29, 0.717) is 12.3 Å². The predicted octanol–water partition coefficient (Wildman–Crippen LogP) is 1.49. The van der Waals surface area contributed by atoms with E-state index in [1.54, 1.807) is 6.07 Å². The van der Waals surface area contributed by atoms with Gasteiger partial charge in [-0.25, -0.2) is 0 Å². The van der Waals surface area contributed by atoms with Crippen molar-refractivity contribution in [3.05, 3.63) is 29.3 Å². The first-order valence-electron chi connectivity index (χ1n) is 6.41. The molecule has 1 aromatic carbocycles. The number of carbonyl (C=O) groups is 1. The number of phenolic OH excluding ortho intramolecular Hbond substituents is 1. The van der Waals surface area contributed by atoms with Crippen LogP contribution in [0.3, 0.4) is 0 Å². The molecule has 18 heavy (non-hydrogen) atoms. The summed E-state index contributed by atoms with van der Waals surface area (Å²) < 4.78 is 0. The van der Waals surface area contributed by atoms with E-state index in [1.165, 1.54) is 11.1 Å². The van der Waals surface area contributed by atoms with Crippen molar-refractivity contribution in [2.45, 2.75) is 38.8 Å². The van der Waals surface area contributed by atoms with Gasteiger partial charge in [0, 0.05) is 12.1 Å². The van der Waals surface area contributed by atoms with Crippen LogP contribution in [0.25, 0.3) is 0 Å². The summed E-state index contributed by atoms with van der Waals surface area (Å²) in [6, 6.07) is 5.85. The van der Waals surface area contributed by atoms with Crippen molar-refractivity contribution in [2.24, 2.45) is 0 Å². The van der Waals surface area contributed by atoms with Gasteiger partial charge >= 0.3 is 0 Å². The normalized spacial score (nSPS) is 17.8. The van der Waals surface area contributed by atoms with Gasteiger partial charge < -0.3 is 15.7 Å². The van der Waals surface area contributed by atoms with Gasteiger partial charge in [0.15, 0.2) is 0 Å². The highest BCUT2D eigenvalue weighted by molar-refractivity contribution is 5.78. The Hall–Kier alpha value is -1.55. The predicted molar refractivity (Wildman–Crippen MR) is 70.5 cm³/mol. The number of fused-ring (bicyclic) bond motifs is 1. The van der Waals surface area contributed by atoms with Gasteiger partial charge in [-0.3, -0.25) is 4.79 Å². The number of benzene rings is 1. The molecule has 4 heteroatoms. The van der Waals surface area contributed by atoms with Gasteiger partial charge in [-0.2, -0.15) is 0 Å². The number of rotatable bonds is 4. The van der Waals surface area contributed by atoms with Crippen molar-refractivity contribution < 1.29 is 9.90 Å². The summed E-state index contributed by atoms with van der Waals surface area (Å²) >= 11 is 0. The zero-order chi connectivity index (χ0) is 13.1. The first-order valence-corrected chi connectivity index (χ1v) is 6.41. The zero-order valence-corrected chi connectivity index (χ0v) is 10.9. The van der Waals surface area contributed by atoms with Gasteiger partial charge in [0.05, 0.1) is 6.54 Å². The maximum absolute atomic E-state index is 11.6. The van der Waals surface area contributed by atoms with E-state index >= 15 is 0 Å². The highest BCUT2D eigenvalue weighted by atomic mass is 16.3. The van der Waals surface area contributed by atoms with Crippen LogP contribution in [0.4, 0.5) is 0 Å². The minimum absolute atomic E-state index is 0.0252. The molecule has 0 aromatic heterocycles. The fraction of sp³-hybridized carbons (Fsp3) is 0.500. The Morgan fingerprint density at radius 2 is 2.28 bits per heavy atom. The Labute approximate surface area is 107 Å². The highest BCUT2D eigenvalue weighted by Crippen LogP contribution is 2.32. The molecule has 4 nitrogen and oxygen atoms in total. The second kappa shape index (κ2) is 5.40. The van der Waals surface area contributed by atoms with Gasteiger partial charge in [-0.15, -0.1) is 0 Å². The Bertz CT molecular complexity index is 443. The third-order valence-electron chi connectivity index (χ3n) is 3.16. The Kier molecular flexibility index (Phi) is 3.87. The van der Waals surface area contributed by atoms with Crippen LogP contribution in [-0.2, 0) is 11.2 Å². The van der Waals surface area contributed by atoms with E-state index in [4.69, 9.17) is 0 Å². The van der Waals surface area contributed by atoms with Crippen molar-refractivity contribution in [3.8, 4) is 5.75 Å². The lowest BCUT2D eigenvalue weighted by molar-refractivity contribution is -0.120. The summed E-state index contributed by atoms with van der Waals surface area (Å²) in [6.07, 6.45) is 1.93. The molecule has 1 unspecified atom stereocenters.